The van der Waals surface area contributed by atoms with E-state index in [0.717, 1.165) is 5.56 Å². The number of urea groups is 2. The van der Waals surface area contributed by atoms with Gasteiger partial charge in [-0.3, -0.25) is 14.4 Å². The van der Waals surface area contributed by atoms with Gasteiger partial charge in [-0.25, -0.2) is 9.59 Å². The van der Waals surface area contributed by atoms with E-state index in [1.165, 1.54) is 14.7 Å². The molecule has 38 heavy (non-hydrogen) atoms. The van der Waals surface area contributed by atoms with Crippen molar-refractivity contribution in [1.82, 2.24) is 19.7 Å². The van der Waals surface area contributed by atoms with Gasteiger partial charge in [-0.05, 0) is 54.8 Å². The number of likely N-dealkylation sites (tertiary alicyclic amines) is 1. The van der Waals surface area contributed by atoms with Gasteiger partial charge in [0.1, 0.15) is 0 Å². The summed E-state index contributed by atoms with van der Waals surface area (Å²) >= 11 is 0. The van der Waals surface area contributed by atoms with Crippen LogP contribution >= 0.6 is 7.60 Å². The SMILES string of the molecule is CN(Cc1ccncc1)C(=O)N1[C@H]2CC[C@@H]1[C@@H](P(=O)(O)O)N(C(=O)N(c1ccccc1)c1ccccc1)C2. The first-order valence-corrected chi connectivity index (χ1v) is 14.1. The van der Waals surface area contributed by atoms with Crippen LogP contribution in [-0.4, -0.2) is 73.0 Å². The van der Waals surface area contributed by atoms with E-state index in [2.05, 4.69) is 4.98 Å². The molecule has 5 rings (SSSR count). The van der Waals surface area contributed by atoms with E-state index in [1.807, 2.05) is 24.3 Å². The Morgan fingerprint density at radius 2 is 1.50 bits per heavy atom. The lowest BCUT2D eigenvalue weighted by Gasteiger charge is -2.48. The van der Waals surface area contributed by atoms with Gasteiger partial charge in [-0.15, -0.1) is 0 Å². The highest BCUT2D eigenvalue weighted by atomic mass is 31.2. The minimum Gasteiger partial charge on any atom is -0.323 e. The average molecular weight is 536 g/mol. The standard InChI is InChI=1S/C27H30N5O5P/c1-29(18-20-14-16-28-17-15-20)26(33)32-23-12-13-24(32)25(38(35,36)37)30(19-23)27(34)31(21-8-4-2-5-9-21)22-10-6-3-7-11-22/h2-11,14-17,23-25H,12-13,18-19H2,1H3,(H2,35,36,37)/t23-,24+,25+/m0/s1. The molecule has 2 fully saturated rings. The fourth-order valence-electron chi connectivity index (χ4n) is 5.50. The highest BCUT2D eigenvalue weighted by Gasteiger charge is 2.57. The normalized spacial score (nSPS) is 20.8. The number of carbonyl (C=O) groups is 2. The Balaban J connectivity index is 1.46. The number of amides is 4. The molecule has 0 saturated carbocycles. The molecule has 0 radical (unpaired) electrons. The quantitative estimate of drug-likeness (QED) is 0.472. The number of aromatic nitrogens is 1. The summed E-state index contributed by atoms with van der Waals surface area (Å²) in [6.07, 6.45) is 4.25. The van der Waals surface area contributed by atoms with Crippen LogP contribution in [0.5, 0.6) is 0 Å². The van der Waals surface area contributed by atoms with Crippen LogP contribution in [0.15, 0.2) is 85.2 Å². The van der Waals surface area contributed by atoms with Crippen LogP contribution < -0.4 is 4.90 Å². The van der Waals surface area contributed by atoms with Gasteiger partial charge in [0.25, 0.3) is 0 Å². The van der Waals surface area contributed by atoms with Crippen LogP contribution in [0.1, 0.15) is 18.4 Å². The summed E-state index contributed by atoms with van der Waals surface area (Å²) in [6, 6.07) is 19.6. The zero-order chi connectivity index (χ0) is 26.9. The fourth-order valence-corrected chi connectivity index (χ4v) is 6.80. The molecule has 3 aromatic rings. The topological polar surface area (TPSA) is 118 Å². The Labute approximate surface area is 221 Å². The van der Waals surface area contributed by atoms with Crippen molar-refractivity contribution in [2.75, 3.05) is 18.5 Å². The van der Waals surface area contributed by atoms with Crippen molar-refractivity contribution >= 4 is 31.0 Å². The van der Waals surface area contributed by atoms with Crippen LogP contribution in [0.3, 0.4) is 0 Å². The highest BCUT2D eigenvalue weighted by molar-refractivity contribution is 7.52. The van der Waals surface area contributed by atoms with Gasteiger partial charge in [0.2, 0.25) is 0 Å². The third-order valence-electron chi connectivity index (χ3n) is 7.14. The summed E-state index contributed by atoms with van der Waals surface area (Å²) in [5.41, 5.74) is 2.05. The summed E-state index contributed by atoms with van der Waals surface area (Å²) in [5.74, 6) is -1.46. The second-order valence-electron chi connectivity index (χ2n) is 9.64. The summed E-state index contributed by atoms with van der Waals surface area (Å²) in [7, 11) is -3.17. The maximum Gasteiger partial charge on any atom is 0.350 e. The zero-order valence-electron chi connectivity index (χ0n) is 20.9. The fraction of sp³-hybridized carbons (Fsp3) is 0.296. The first-order valence-electron chi connectivity index (χ1n) is 12.4. The first kappa shape index (κ1) is 25.9. The molecule has 0 spiro atoms. The van der Waals surface area contributed by atoms with Gasteiger partial charge in [-0.2, -0.15) is 0 Å². The lowest BCUT2D eigenvalue weighted by atomic mass is 10.1. The minimum absolute atomic E-state index is 0.0239. The van der Waals surface area contributed by atoms with Crippen LogP contribution in [0.4, 0.5) is 21.0 Å². The van der Waals surface area contributed by atoms with Crippen LogP contribution in [-0.2, 0) is 11.1 Å². The lowest BCUT2D eigenvalue weighted by Crippen LogP contribution is -2.65. The molecule has 0 unspecified atom stereocenters. The number of anilines is 2. The summed E-state index contributed by atoms with van der Waals surface area (Å²) in [6.45, 7) is 0.354. The molecule has 2 aliphatic rings. The van der Waals surface area contributed by atoms with Crippen molar-refractivity contribution in [3.63, 3.8) is 0 Å². The second-order valence-corrected chi connectivity index (χ2v) is 11.4. The largest absolute Gasteiger partial charge is 0.350 e. The van der Waals surface area contributed by atoms with Crippen molar-refractivity contribution in [3.05, 3.63) is 90.8 Å². The molecule has 11 heteroatoms. The monoisotopic (exact) mass is 535 g/mol. The number of carbonyl (C=O) groups excluding carboxylic acids is 2. The molecule has 3 atom stereocenters. The molecule has 2 saturated heterocycles. The maximum atomic E-state index is 14.1. The Morgan fingerprint density at radius 1 is 0.921 bits per heavy atom. The summed E-state index contributed by atoms with van der Waals surface area (Å²) in [5, 5.41) is 0. The number of hydrogen-bond donors (Lipinski definition) is 2. The van der Waals surface area contributed by atoms with Gasteiger partial charge in [0.05, 0.1) is 23.5 Å². The van der Waals surface area contributed by atoms with Crippen molar-refractivity contribution in [1.29, 1.82) is 0 Å². The van der Waals surface area contributed by atoms with Crippen LogP contribution in [0.2, 0.25) is 0 Å². The number of piperazine rings is 1. The molecule has 1 aromatic heterocycles. The third-order valence-corrected chi connectivity index (χ3v) is 8.46. The van der Waals surface area contributed by atoms with E-state index >= 15 is 0 Å². The van der Waals surface area contributed by atoms with Gasteiger partial charge in [0.15, 0.2) is 5.78 Å². The van der Waals surface area contributed by atoms with Gasteiger partial charge >= 0.3 is 19.7 Å². The molecule has 10 nitrogen and oxygen atoms in total. The Hall–Kier alpha value is -3.72. The van der Waals surface area contributed by atoms with Crippen molar-refractivity contribution < 1.29 is 23.9 Å². The predicted octanol–water partition coefficient (Wildman–Crippen LogP) is 4.24. The molecule has 198 valence electrons. The van der Waals surface area contributed by atoms with Crippen molar-refractivity contribution in [2.24, 2.45) is 0 Å². The van der Waals surface area contributed by atoms with E-state index in [-0.39, 0.29) is 18.6 Å². The molecular formula is C27H30N5O5P. The molecule has 2 aliphatic heterocycles. The smallest absolute Gasteiger partial charge is 0.323 e. The van der Waals surface area contributed by atoms with Gasteiger partial charge < -0.3 is 24.5 Å². The lowest BCUT2D eigenvalue weighted by molar-refractivity contribution is 0.0654. The van der Waals surface area contributed by atoms with E-state index in [0.29, 0.717) is 30.8 Å². The van der Waals surface area contributed by atoms with E-state index in [9.17, 15) is 23.9 Å². The third kappa shape index (κ3) is 5.03. The molecule has 3 heterocycles. The average Bonchev–Trinajstić information content (AvgIpc) is 3.20. The van der Waals surface area contributed by atoms with E-state index in [1.54, 1.807) is 72.9 Å². The number of hydrogen-bond acceptors (Lipinski definition) is 4. The summed E-state index contributed by atoms with van der Waals surface area (Å²) in [4.78, 5) is 58.6. The predicted molar refractivity (Wildman–Crippen MR) is 143 cm³/mol. The number of fused-ring (bicyclic) bond motifs is 2. The molecule has 2 aromatic carbocycles. The number of benzene rings is 2. The maximum absolute atomic E-state index is 14.1. The Kier molecular flexibility index (Phi) is 7.21. The van der Waals surface area contributed by atoms with Crippen molar-refractivity contribution in [3.8, 4) is 0 Å². The minimum atomic E-state index is -4.84. The van der Waals surface area contributed by atoms with E-state index < -0.39 is 25.5 Å². The first-order chi connectivity index (χ1) is 18.3. The van der Waals surface area contributed by atoms with Crippen LogP contribution in [0, 0.1) is 0 Å². The number of pyridine rings is 1. The molecular weight excluding hydrogens is 505 g/mol. The number of nitrogens with zero attached hydrogens (tertiary/aromatic N) is 5. The molecule has 2 bridgehead atoms. The van der Waals surface area contributed by atoms with Crippen LogP contribution in [0.25, 0.3) is 0 Å². The number of rotatable bonds is 5. The number of para-hydroxylation sites is 2. The molecule has 0 aliphatic carbocycles. The zero-order valence-corrected chi connectivity index (χ0v) is 21.8. The van der Waals surface area contributed by atoms with Gasteiger partial charge in [-0.1, -0.05) is 36.4 Å². The van der Waals surface area contributed by atoms with Crippen molar-refractivity contribution in [2.45, 2.75) is 37.3 Å². The molecule has 2 N–H and O–H groups in total. The second kappa shape index (κ2) is 10.6. The van der Waals surface area contributed by atoms with Gasteiger partial charge in [0, 0.05) is 32.5 Å². The Morgan fingerprint density at radius 3 is 2.05 bits per heavy atom. The summed E-state index contributed by atoms with van der Waals surface area (Å²) < 4.78 is 12.9. The Bertz CT molecular complexity index is 1280. The van der Waals surface area contributed by atoms with E-state index in [4.69, 9.17) is 0 Å². The molecule has 4 amide bonds. The highest BCUT2D eigenvalue weighted by Crippen LogP contribution is 2.52.